The third kappa shape index (κ3) is 4.02. The zero-order chi connectivity index (χ0) is 14.7. The fourth-order valence-corrected chi connectivity index (χ4v) is 4.20. The second-order valence-electron chi connectivity index (χ2n) is 4.06. The van der Waals surface area contributed by atoms with Gasteiger partial charge in [-0.25, -0.2) is 0 Å². The summed E-state index contributed by atoms with van der Waals surface area (Å²) in [6.45, 7) is 0.627. The van der Waals surface area contributed by atoms with Gasteiger partial charge in [0.25, 0.3) is 0 Å². The molecule has 0 fully saturated rings. The summed E-state index contributed by atoms with van der Waals surface area (Å²) >= 11 is 15.4. The van der Waals surface area contributed by atoms with Crippen LogP contribution in [0.2, 0.25) is 5.02 Å². The second-order valence-corrected chi connectivity index (χ2v) is 7.48. The molecule has 0 aliphatic rings. The number of hydrogen-bond acceptors (Lipinski definition) is 2. The zero-order valence-electron chi connectivity index (χ0n) is 10.5. The molecule has 2 nitrogen and oxygen atoms in total. The Kier molecular flexibility index (Phi) is 6.01. The molecule has 2 aromatic rings. The maximum atomic E-state index is 6.21. The molecule has 1 N–H and O–H groups in total. The van der Waals surface area contributed by atoms with Gasteiger partial charge in [-0.15, -0.1) is 0 Å². The van der Waals surface area contributed by atoms with Gasteiger partial charge in [0.05, 0.1) is 22.3 Å². The second kappa shape index (κ2) is 7.33. The molecule has 0 aliphatic carbocycles. The minimum absolute atomic E-state index is 0.627. The SMILES string of the molecule is COc1c(Br)cc(Br)cc1CNc1ccc(I)cc1Cl. The van der Waals surface area contributed by atoms with E-state index in [0.29, 0.717) is 11.6 Å². The highest BCUT2D eigenvalue weighted by molar-refractivity contribution is 14.1. The van der Waals surface area contributed by atoms with E-state index in [-0.39, 0.29) is 0 Å². The van der Waals surface area contributed by atoms with Crippen molar-refractivity contribution in [2.45, 2.75) is 6.54 Å². The molecule has 0 saturated heterocycles. The van der Waals surface area contributed by atoms with Crippen molar-refractivity contribution in [2.75, 3.05) is 12.4 Å². The third-order valence-corrected chi connectivity index (χ3v) is 4.72. The number of anilines is 1. The van der Waals surface area contributed by atoms with Crippen LogP contribution in [-0.2, 0) is 6.54 Å². The summed E-state index contributed by atoms with van der Waals surface area (Å²) in [5.41, 5.74) is 1.95. The first-order valence-corrected chi connectivity index (χ1v) is 8.76. The predicted molar refractivity (Wildman–Crippen MR) is 99.9 cm³/mol. The average molecular weight is 531 g/mol. The first kappa shape index (κ1) is 16.4. The number of methoxy groups -OCH3 is 1. The van der Waals surface area contributed by atoms with Crippen molar-refractivity contribution in [1.29, 1.82) is 0 Å². The molecule has 0 heterocycles. The Labute approximate surface area is 153 Å². The Morgan fingerprint density at radius 1 is 1.25 bits per heavy atom. The standard InChI is InChI=1S/C14H11Br2ClINO/c1-20-14-8(4-9(15)5-11(14)16)7-19-13-3-2-10(18)6-12(13)17/h2-6,19H,7H2,1H3. The average Bonchev–Trinajstić information content (AvgIpc) is 2.37. The van der Waals surface area contributed by atoms with E-state index in [2.05, 4.69) is 59.8 Å². The predicted octanol–water partition coefficient (Wildman–Crippen LogP) is 6.09. The monoisotopic (exact) mass is 529 g/mol. The highest BCUT2D eigenvalue weighted by Gasteiger charge is 2.10. The summed E-state index contributed by atoms with van der Waals surface area (Å²) in [7, 11) is 1.66. The van der Waals surface area contributed by atoms with E-state index in [1.165, 1.54) is 0 Å². The Hall–Kier alpha value is 0.0200. The van der Waals surface area contributed by atoms with E-state index in [4.69, 9.17) is 16.3 Å². The van der Waals surface area contributed by atoms with Gasteiger partial charge in [0.2, 0.25) is 0 Å². The van der Waals surface area contributed by atoms with Crippen molar-refractivity contribution < 1.29 is 4.74 Å². The lowest BCUT2D eigenvalue weighted by Crippen LogP contribution is -2.03. The highest BCUT2D eigenvalue weighted by atomic mass is 127. The molecule has 2 aromatic carbocycles. The van der Waals surface area contributed by atoms with Crippen LogP contribution in [-0.4, -0.2) is 7.11 Å². The molecular formula is C14H11Br2ClINO. The summed E-state index contributed by atoms with van der Waals surface area (Å²) in [6.07, 6.45) is 0. The molecule has 20 heavy (non-hydrogen) atoms. The summed E-state index contributed by atoms with van der Waals surface area (Å²) in [5.74, 6) is 0.822. The van der Waals surface area contributed by atoms with Gasteiger partial charge in [0.15, 0.2) is 0 Å². The lowest BCUT2D eigenvalue weighted by atomic mass is 10.2. The Morgan fingerprint density at radius 2 is 2.00 bits per heavy atom. The largest absolute Gasteiger partial charge is 0.495 e. The van der Waals surface area contributed by atoms with E-state index < -0.39 is 0 Å². The van der Waals surface area contributed by atoms with Crippen molar-refractivity contribution in [2.24, 2.45) is 0 Å². The van der Waals surface area contributed by atoms with Crippen LogP contribution >= 0.6 is 66.1 Å². The number of rotatable bonds is 4. The molecule has 0 atom stereocenters. The molecular weight excluding hydrogens is 520 g/mol. The molecule has 0 bridgehead atoms. The van der Waals surface area contributed by atoms with E-state index in [1.807, 2.05) is 30.3 Å². The molecule has 0 aromatic heterocycles. The van der Waals surface area contributed by atoms with Crippen LogP contribution in [0.25, 0.3) is 0 Å². The van der Waals surface area contributed by atoms with E-state index >= 15 is 0 Å². The molecule has 6 heteroatoms. The number of hydrogen-bond donors (Lipinski definition) is 1. The van der Waals surface area contributed by atoms with Gasteiger partial charge in [0.1, 0.15) is 5.75 Å². The number of halogens is 4. The van der Waals surface area contributed by atoms with Crippen LogP contribution in [0.15, 0.2) is 39.3 Å². The fraction of sp³-hybridized carbons (Fsp3) is 0.143. The Bertz CT molecular complexity index is 637. The van der Waals surface area contributed by atoms with Crippen LogP contribution in [0, 0.1) is 3.57 Å². The van der Waals surface area contributed by atoms with Gasteiger partial charge in [-0.05, 0) is 68.9 Å². The van der Waals surface area contributed by atoms with Crippen molar-refractivity contribution >= 4 is 71.7 Å². The van der Waals surface area contributed by atoms with Gasteiger partial charge in [-0.1, -0.05) is 27.5 Å². The smallest absolute Gasteiger partial charge is 0.138 e. The normalized spacial score (nSPS) is 10.4. The molecule has 0 aliphatic heterocycles. The van der Waals surface area contributed by atoms with Crippen molar-refractivity contribution in [3.8, 4) is 5.75 Å². The lowest BCUT2D eigenvalue weighted by Gasteiger charge is -2.14. The van der Waals surface area contributed by atoms with E-state index in [0.717, 1.165) is 29.5 Å². The molecule has 0 saturated carbocycles. The summed E-state index contributed by atoms with van der Waals surface area (Å²) in [6, 6.07) is 9.91. The van der Waals surface area contributed by atoms with Crippen molar-refractivity contribution in [3.05, 3.63) is 53.4 Å². The summed E-state index contributed by atoms with van der Waals surface area (Å²) in [4.78, 5) is 0. The van der Waals surface area contributed by atoms with Crippen molar-refractivity contribution in [3.63, 3.8) is 0 Å². The molecule has 0 unspecified atom stereocenters. The molecule has 0 radical (unpaired) electrons. The van der Waals surface area contributed by atoms with Gasteiger partial charge in [-0.3, -0.25) is 0 Å². The zero-order valence-corrected chi connectivity index (χ0v) is 16.6. The third-order valence-electron chi connectivity index (χ3n) is 2.69. The fourth-order valence-electron chi connectivity index (χ4n) is 1.80. The Balaban J connectivity index is 2.22. The van der Waals surface area contributed by atoms with Crippen LogP contribution in [0.3, 0.4) is 0 Å². The summed E-state index contributed by atoms with van der Waals surface area (Å²) in [5, 5.41) is 4.04. The van der Waals surface area contributed by atoms with Gasteiger partial charge in [-0.2, -0.15) is 0 Å². The molecule has 0 amide bonds. The summed E-state index contributed by atoms with van der Waals surface area (Å²) < 4.78 is 8.45. The molecule has 106 valence electrons. The van der Waals surface area contributed by atoms with Crippen LogP contribution < -0.4 is 10.1 Å². The number of benzene rings is 2. The minimum Gasteiger partial charge on any atom is -0.495 e. The Morgan fingerprint density at radius 3 is 2.65 bits per heavy atom. The van der Waals surface area contributed by atoms with Crippen LogP contribution in [0.4, 0.5) is 5.69 Å². The number of ether oxygens (including phenoxy) is 1. The van der Waals surface area contributed by atoms with Gasteiger partial charge >= 0.3 is 0 Å². The first-order valence-electron chi connectivity index (χ1n) is 5.72. The maximum absolute atomic E-state index is 6.21. The van der Waals surface area contributed by atoms with Crippen molar-refractivity contribution in [1.82, 2.24) is 0 Å². The molecule has 0 spiro atoms. The van der Waals surface area contributed by atoms with E-state index in [1.54, 1.807) is 7.11 Å². The maximum Gasteiger partial charge on any atom is 0.138 e. The van der Waals surface area contributed by atoms with Crippen LogP contribution in [0.1, 0.15) is 5.56 Å². The lowest BCUT2D eigenvalue weighted by molar-refractivity contribution is 0.407. The van der Waals surface area contributed by atoms with Gasteiger partial charge in [0, 0.05) is 20.2 Å². The van der Waals surface area contributed by atoms with Gasteiger partial charge < -0.3 is 10.1 Å². The molecule has 2 rings (SSSR count). The first-order chi connectivity index (χ1) is 9.51. The minimum atomic E-state index is 0.627. The van der Waals surface area contributed by atoms with Crippen LogP contribution in [0.5, 0.6) is 5.75 Å². The quantitative estimate of drug-likeness (QED) is 0.483. The topological polar surface area (TPSA) is 21.3 Å². The van der Waals surface area contributed by atoms with E-state index in [9.17, 15) is 0 Å². The number of nitrogens with one attached hydrogen (secondary N) is 1. The highest BCUT2D eigenvalue weighted by Crippen LogP contribution is 2.33.